The number of aromatic nitrogens is 1. The van der Waals surface area contributed by atoms with Crippen LogP contribution >= 0.6 is 11.8 Å². The lowest BCUT2D eigenvalue weighted by Crippen LogP contribution is -2.48. The largest absolute Gasteiger partial charge is 0.497 e. The molecule has 0 unspecified atom stereocenters. The van der Waals surface area contributed by atoms with Crippen LogP contribution in [0, 0.1) is 0 Å². The van der Waals surface area contributed by atoms with Crippen molar-refractivity contribution < 1.29 is 14.3 Å². The first kappa shape index (κ1) is 21.9. The summed E-state index contributed by atoms with van der Waals surface area (Å²) in [5.74, 6) is 1.91. The van der Waals surface area contributed by atoms with Crippen molar-refractivity contribution in [2.75, 3.05) is 76.8 Å². The number of amides is 1. The van der Waals surface area contributed by atoms with Gasteiger partial charge in [-0.15, -0.1) is 11.8 Å². The van der Waals surface area contributed by atoms with Crippen molar-refractivity contribution in [1.82, 2.24) is 14.8 Å². The van der Waals surface area contributed by atoms with Gasteiger partial charge in [0.1, 0.15) is 5.75 Å². The van der Waals surface area contributed by atoms with Crippen molar-refractivity contribution in [3.8, 4) is 5.75 Å². The van der Waals surface area contributed by atoms with Gasteiger partial charge in [-0.25, -0.2) is 4.98 Å². The quantitative estimate of drug-likeness (QED) is 0.611. The van der Waals surface area contributed by atoms with Crippen molar-refractivity contribution in [2.45, 2.75) is 5.03 Å². The number of carbonyl (C=O) groups is 1. The third kappa shape index (κ3) is 5.90. The maximum absolute atomic E-state index is 12.9. The molecule has 31 heavy (non-hydrogen) atoms. The summed E-state index contributed by atoms with van der Waals surface area (Å²) >= 11 is 1.74. The number of piperazine rings is 1. The Balaban J connectivity index is 1.23. The summed E-state index contributed by atoms with van der Waals surface area (Å²) in [5, 5.41) is 0.967. The van der Waals surface area contributed by atoms with Gasteiger partial charge in [-0.2, -0.15) is 0 Å². The molecule has 8 heteroatoms. The van der Waals surface area contributed by atoms with Crippen LogP contribution in [0.1, 0.15) is 10.4 Å². The maximum atomic E-state index is 12.9. The Bertz CT molecular complexity index is 833. The Morgan fingerprint density at radius 2 is 1.77 bits per heavy atom. The number of morpholine rings is 1. The summed E-state index contributed by atoms with van der Waals surface area (Å²) in [5.41, 5.74) is 1.82. The Morgan fingerprint density at radius 3 is 2.42 bits per heavy atom. The Morgan fingerprint density at radius 1 is 1.03 bits per heavy atom. The van der Waals surface area contributed by atoms with E-state index in [-0.39, 0.29) is 5.91 Å². The molecule has 1 aromatic heterocycles. The van der Waals surface area contributed by atoms with E-state index < -0.39 is 0 Å². The predicted octanol–water partition coefficient (Wildman–Crippen LogP) is 2.48. The second-order valence-electron chi connectivity index (χ2n) is 7.66. The molecule has 2 aliphatic rings. The van der Waals surface area contributed by atoms with Gasteiger partial charge in [-0.3, -0.25) is 9.69 Å². The molecule has 0 aliphatic carbocycles. The van der Waals surface area contributed by atoms with Crippen LogP contribution in [0.4, 0.5) is 5.69 Å². The molecule has 2 aromatic rings. The average Bonchev–Trinajstić information content (AvgIpc) is 2.85. The van der Waals surface area contributed by atoms with Crippen molar-refractivity contribution in [2.24, 2.45) is 0 Å². The third-order valence-corrected chi connectivity index (χ3v) is 6.67. The van der Waals surface area contributed by atoms with Gasteiger partial charge in [-0.05, 0) is 36.4 Å². The zero-order chi connectivity index (χ0) is 21.5. The fourth-order valence-electron chi connectivity index (χ4n) is 3.84. The number of hydrogen-bond acceptors (Lipinski definition) is 7. The van der Waals surface area contributed by atoms with Gasteiger partial charge >= 0.3 is 0 Å². The SMILES string of the molecule is COc1ccc(N2CCN(C(=O)c3ccc(SCCN4CCOCC4)nc3)CC2)cc1. The minimum atomic E-state index is 0.0618. The highest BCUT2D eigenvalue weighted by Gasteiger charge is 2.22. The van der Waals surface area contributed by atoms with E-state index in [1.54, 1.807) is 25.1 Å². The van der Waals surface area contributed by atoms with Gasteiger partial charge in [-0.1, -0.05) is 0 Å². The minimum Gasteiger partial charge on any atom is -0.497 e. The van der Waals surface area contributed by atoms with Gasteiger partial charge in [0.15, 0.2) is 0 Å². The first-order valence-corrected chi connectivity index (χ1v) is 11.8. The van der Waals surface area contributed by atoms with Crippen LogP contribution in [0.3, 0.4) is 0 Å². The number of hydrogen-bond donors (Lipinski definition) is 0. The van der Waals surface area contributed by atoms with Crippen LogP contribution in [-0.4, -0.2) is 92.6 Å². The molecule has 4 rings (SSSR count). The summed E-state index contributed by atoms with van der Waals surface area (Å²) in [7, 11) is 1.67. The van der Waals surface area contributed by atoms with E-state index in [1.807, 2.05) is 29.2 Å². The minimum absolute atomic E-state index is 0.0618. The molecule has 0 bridgehead atoms. The monoisotopic (exact) mass is 442 g/mol. The Labute approximate surface area is 188 Å². The molecule has 1 amide bonds. The molecular weight excluding hydrogens is 412 g/mol. The molecule has 7 nitrogen and oxygen atoms in total. The van der Waals surface area contributed by atoms with Crippen LogP contribution in [0.15, 0.2) is 47.6 Å². The molecule has 2 aliphatic heterocycles. The summed E-state index contributed by atoms with van der Waals surface area (Å²) in [6.07, 6.45) is 1.72. The number of carbonyl (C=O) groups excluding carboxylic acids is 1. The number of rotatable bonds is 7. The van der Waals surface area contributed by atoms with E-state index in [0.717, 1.165) is 68.2 Å². The van der Waals surface area contributed by atoms with Gasteiger partial charge in [0.05, 0.1) is 30.9 Å². The van der Waals surface area contributed by atoms with Crippen LogP contribution in [0.2, 0.25) is 0 Å². The van der Waals surface area contributed by atoms with E-state index >= 15 is 0 Å². The third-order valence-electron chi connectivity index (χ3n) is 5.75. The Hall–Kier alpha value is -2.29. The summed E-state index contributed by atoms with van der Waals surface area (Å²) in [6, 6.07) is 11.9. The first-order valence-electron chi connectivity index (χ1n) is 10.8. The molecule has 0 radical (unpaired) electrons. The zero-order valence-electron chi connectivity index (χ0n) is 18.0. The molecule has 0 N–H and O–H groups in total. The smallest absolute Gasteiger partial charge is 0.255 e. The fourth-order valence-corrected chi connectivity index (χ4v) is 4.69. The highest BCUT2D eigenvalue weighted by Crippen LogP contribution is 2.21. The molecule has 3 heterocycles. The molecule has 1 aromatic carbocycles. The maximum Gasteiger partial charge on any atom is 0.255 e. The van der Waals surface area contributed by atoms with Gasteiger partial charge in [0.25, 0.3) is 5.91 Å². The lowest BCUT2D eigenvalue weighted by molar-refractivity contribution is 0.0410. The number of anilines is 1. The van der Waals surface area contributed by atoms with Crippen molar-refractivity contribution in [3.63, 3.8) is 0 Å². The highest BCUT2D eigenvalue weighted by atomic mass is 32.2. The molecule has 2 fully saturated rings. The number of nitrogens with zero attached hydrogens (tertiary/aromatic N) is 4. The summed E-state index contributed by atoms with van der Waals surface area (Å²) in [4.78, 5) is 24.0. The molecule has 0 atom stereocenters. The van der Waals surface area contributed by atoms with Gasteiger partial charge in [0.2, 0.25) is 0 Å². The number of methoxy groups -OCH3 is 1. The lowest BCUT2D eigenvalue weighted by atomic mass is 10.2. The predicted molar refractivity (Wildman–Crippen MR) is 123 cm³/mol. The van der Waals surface area contributed by atoms with Crippen LogP contribution < -0.4 is 9.64 Å². The van der Waals surface area contributed by atoms with Gasteiger partial charge < -0.3 is 19.3 Å². The van der Waals surface area contributed by atoms with Crippen LogP contribution in [0.25, 0.3) is 0 Å². The molecule has 0 spiro atoms. The summed E-state index contributed by atoms with van der Waals surface area (Å²) in [6.45, 7) is 7.76. The number of benzene rings is 1. The van der Waals surface area contributed by atoms with Crippen molar-refractivity contribution in [1.29, 1.82) is 0 Å². The summed E-state index contributed by atoms with van der Waals surface area (Å²) < 4.78 is 10.6. The number of ether oxygens (including phenoxy) is 2. The first-order chi connectivity index (χ1) is 15.2. The van der Waals surface area contributed by atoms with Crippen molar-refractivity contribution in [3.05, 3.63) is 48.2 Å². The lowest BCUT2D eigenvalue weighted by Gasteiger charge is -2.36. The topological polar surface area (TPSA) is 58.1 Å². The zero-order valence-corrected chi connectivity index (χ0v) is 18.9. The molecule has 166 valence electrons. The van der Waals surface area contributed by atoms with Crippen molar-refractivity contribution >= 4 is 23.4 Å². The normalized spacial score (nSPS) is 17.6. The van der Waals surface area contributed by atoms with Crippen LogP contribution in [-0.2, 0) is 4.74 Å². The molecule has 0 saturated carbocycles. The highest BCUT2D eigenvalue weighted by molar-refractivity contribution is 7.99. The molecular formula is C23H30N4O3S. The Kier molecular flexibility index (Phi) is 7.66. The van der Waals surface area contributed by atoms with E-state index in [1.165, 1.54) is 0 Å². The number of thioether (sulfide) groups is 1. The van der Waals surface area contributed by atoms with E-state index in [4.69, 9.17) is 9.47 Å². The number of pyridine rings is 1. The van der Waals surface area contributed by atoms with Crippen LogP contribution in [0.5, 0.6) is 5.75 Å². The van der Waals surface area contributed by atoms with E-state index in [2.05, 4.69) is 26.9 Å². The molecule has 2 saturated heterocycles. The second kappa shape index (κ2) is 10.8. The standard InChI is InChI=1S/C23H30N4O3S/c1-29-21-5-3-20(4-6-21)26-8-10-27(11-9-26)23(28)19-2-7-22(24-18-19)31-17-14-25-12-15-30-16-13-25/h2-7,18H,8-17H2,1H3. The second-order valence-corrected chi connectivity index (χ2v) is 8.78. The average molecular weight is 443 g/mol. The van der Waals surface area contributed by atoms with Gasteiger partial charge in [0, 0.05) is 63.5 Å². The fraction of sp³-hybridized carbons (Fsp3) is 0.478. The van der Waals surface area contributed by atoms with E-state index in [9.17, 15) is 4.79 Å². The van der Waals surface area contributed by atoms with E-state index in [0.29, 0.717) is 18.7 Å².